The van der Waals surface area contributed by atoms with Gasteiger partial charge in [0.05, 0.1) is 31.1 Å². The van der Waals surface area contributed by atoms with Gasteiger partial charge in [0, 0.05) is 18.3 Å². The third-order valence-electron chi connectivity index (χ3n) is 4.50. The second kappa shape index (κ2) is 10.1. The van der Waals surface area contributed by atoms with Gasteiger partial charge in [-0.15, -0.1) is 10.2 Å². The summed E-state index contributed by atoms with van der Waals surface area (Å²) in [5, 5.41) is 11.7. The molecule has 10 heteroatoms. The highest BCUT2D eigenvalue weighted by atomic mass is 32.2. The summed E-state index contributed by atoms with van der Waals surface area (Å²) in [5.74, 6) is -0.861. The molecule has 3 aromatic rings. The average molecular weight is 455 g/mol. The molecule has 0 fully saturated rings. The number of benzene rings is 2. The molecule has 0 unspecified atom stereocenters. The highest BCUT2D eigenvalue weighted by Crippen LogP contribution is 2.24. The van der Waals surface area contributed by atoms with Crippen LogP contribution < -0.4 is 5.32 Å². The maximum Gasteiger partial charge on any atom is 0.337 e. The number of carbonyl (C=O) groups is 3. The largest absolute Gasteiger partial charge is 0.465 e. The second-order valence-corrected chi connectivity index (χ2v) is 7.80. The van der Waals surface area contributed by atoms with Crippen molar-refractivity contribution in [3.63, 3.8) is 0 Å². The van der Waals surface area contributed by atoms with E-state index in [4.69, 9.17) is 9.47 Å². The minimum absolute atomic E-state index is 0.0514. The van der Waals surface area contributed by atoms with E-state index >= 15 is 0 Å². The molecule has 0 atom stereocenters. The first kappa shape index (κ1) is 23.0. The van der Waals surface area contributed by atoms with E-state index in [1.54, 1.807) is 0 Å². The molecule has 1 amide bonds. The zero-order valence-corrected chi connectivity index (χ0v) is 18.9. The van der Waals surface area contributed by atoms with E-state index in [1.807, 2.05) is 42.8 Å². The standard InChI is InChI=1S/C22H22N4O5S/c1-13-6-5-7-14(8-13)19-24-25-22(26(19)2)32-12-18(27)23-17-10-15(20(28)30-3)9-16(11-17)21(29)31-4/h5-11H,12H2,1-4H3,(H,23,27). The van der Waals surface area contributed by atoms with Crippen LogP contribution in [0, 0.1) is 6.92 Å². The van der Waals surface area contributed by atoms with Crippen LogP contribution in [0.15, 0.2) is 47.6 Å². The number of rotatable bonds is 7. The van der Waals surface area contributed by atoms with Gasteiger partial charge in [-0.25, -0.2) is 9.59 Å². The number of esters is 2. The summed E-state index contributed by atoms with van der Waals surface area (Å²) in [6, 6.07) is 12.1. The molecule has 0 radical (unpaired) electrons. The van der Waals surface area contributed by atoms with E-state index in [0.717, 1.165) is 11.1 Å². The Balaban J connectivity index is 1.71. The maximum atomic E-state index is 12.5. The van der Waals surface area contributed by atoms with E-state index in [2.05, 4.69) is 15.5 Å². The molecule has 3 rings (SSSR count). The van der Waals surface area contributed by atoms with Crippen molar-refractivity contribution in [1.29, 1.82) is 0 Å². The maximum absolute atomic E-state index is 12.5. The lowest BCUT2D eigenvalue weighted by Crippen LogP contribution is -2.16. The Hall–Kier alpha value is -3.66. The molecular formula is C22H22N4O5S. The number of hydrogen-bond donors (Lipinski definition) is 1. The zero-order valence-electron chi connectivity index (χ0n) is 18.0. The SMILES string of the molecule is COC(=O)c1cc(NC(=O)CSc2nnc(-c3cccc(C)c3)n2C)cc(C(=O)OC)c1. The van der Waals surface area contributed by atoms with Crippen LogP contribution in [0.1, 0.15) is 26.3 Å². The van der Waals surface area contributed by atoms with Gasteiger partial charge in [-0.1, -0.05) is 35.5 Å². The fourth-order valence-electron chi connectivity index (χ4n) is 2.97. The van der Waals surface area contributed by atoms with Gasteiger partial charge in [-0.05, 0) is 31.2 Å². The van der Waals surface area contributed by atoms with Crippen molar-refractivity contribution in [2.45, 2.75) is 12.1 Å². The number of anilines is 1. The Morgan fingerprint density at radius 2 is 1.66 bits per heavy atom. The van der Waals surface area contributed by atoms with E-state index in [-0.39, 0.29) is 28.5 Å². The molecule has 32 heavy (non-hydrogen) atoms. The lowest BCUT2D eigenvalue weighted by molar-refractivity contribution is -0.113. The van der Waals surface area contributed by atoms with Crippen molar-refractivity contribution in [3.05, 3.63) is 59.2 Å². The Morgan fingerprint density at radius 1 is 1.00 bits per heavy atom. The molecule has 166 valence electrons. The van der Waals surface area contributed by atoms with Crippen LogP contribution in [-0.4, -0.2) is 52.6 Å². The summed E-state index contributed by atoms with van der Waals surface area (Å²) < 4.78 is 11.2. The Kier molecular flexibility index (Phi) is 7.26. The van der Waals surface area contributed by atoms with Crippen LogP contribution in [0.4, 0.5) is 5.69 Å². The van der Waals surface area contributed by atoms with Crippen LogP contribution in [0.3, 0.4) is 0 Å². The second-order valence-electron chi connectivity index (χ2n) is 6.85. The molecule has 1 N–H and O–H groups in total. The first-order valence-electron chi connectivity index (χ1n) is 9.53. The number of thioether (sulfide) groups is 1. The minimum atomic E-state index is -0.636. The van der Waals surface area contributed by atoms with E-state index in [0.29, 0.717) is 11.0 Å². The molecule has 9 nitrogen and oxygen atoms in total. The molecule has 1 heterocycles. The number of methoxy groups -OCH3 is 2. The molecule has 0 saturated heterocycles. The van der Waals surface area contributed by atoms with Gasteiger partial charge in [0.2, 0.25) is 5.91 Å². The number of nitrogens with zero attached hydrogens (tertiary/aromatic N) is 3. The predicted molar refractivity (Wildman–Crippen MR) is 120 cm³/mol. The first-order chi connectivity index (χ1) is 15.3. The van der Waals surface area contributed by atoms with E-state index < -0.39 is 11.9 Å². The lowest BCUT2D eigenvalue weighted by Gasteiger charge is -2.09. The van der Waals surface area contributed by atoms with Gasteiger partial charge >= 0.3 is 11.9 Å². The topological polar surface area (TPSA) is 112 Å². The number of carbonyl (C=O) groups excluding carboxylic acids is 3. The smallest absolute Gasteiger partial charge is 0.337 e. The highest BCUT2D eigenvalue weighted by molar-refractivity contribution is 7.99. The van der Waals surface area contributed by atoms with Crippen molar-refractivity contribution < 1.29 is 23.9 Å². The fraction of sp³-hybridized carbons (Fsp3) is 0.227. The molecule has 0 aliphatic rings. The molecule has 2 aromatic carbocycles. The number of nitrogens with one attached hydrogen (secondary N) is 1. The van der Waals surface area contributed by atoms with Crippen molar-refractivity contribution in [2.24, 2.45) is 7.05 Å². The Morgan fingerprint density at radius 3 is 2.25 bits per heavy atom. The third kappa shape index (κ3) is 5.33. The van der Waals surface area contributed by atoms with Gasteiger partial charge in [-0.2, -0.15) is 0 Å². The monoisotopic (exact) mass is 454 g/mol. The molecule has 0 aliphatic carbocycles. The van der Waals surface area contributed by atoms with Crippen LogP contribution >= 0.6 is 11.8 Å². The summed E-state index contributed by atoms with van der Waals surface area (Å²) >= 11 is 1.22. The van der Waals surface area contributed by atoms with Gasteiger partial charge in [-0.3, -0.25) is 4.79 Å². The van der Waals surface area contributed by atoms with Gasteiger partial charge in [0.1, 0.15) is 0 Å². The third-order valence-corrected chi connectivity index (χ3v) is 5.52. The number of hydrogen-bond acceptors (Lipinski definition) is 8. The van der Waals surface area contributed by atoms with Crippen LogP contribution in [-0.2, 0) is 21.3 Å². The molecule has 0 spiro atoms. The van der Waals surface area contributed by atoms with Crippen molar-refractivity contribution in [3.8, 4) is 11.4 Å². The van der Waals surface area contributed by atoms with E-state index in [1.165, 1.54) is 44.2 Å². The van der Waals surface area contributed by atoms with Gasteiger partial charge < -0.3 is 19.4 Å². The molecule has 0 aliphatic heterocycles. The number of ether oxygens (including phenoxy) is 2. The summed E-state index contributed by atoms with van der Waals surface area (Å²) in [5.41, 5.74) is 2.56. The van der Waals surface area contributed by atoms with Crippen LogP contribution in [0.5, 0.6) is 0 Å². The fourth-order valence-corrected chi connectivity index (χ4v) is 3.69. The highest BCUT2D eigenvalue weighted by Gasteiger charge is 2.16. The van der Waals surface area contributed by atoms with Crippen molar-refractivity contribution >= 4 is 35.3 Å². The number of aromatic nitrogens is 3. The van der Waals surface area contributed by atoms with Crippen molar-refractivity contribution in [1.82, 2.24) is 14.8 Å². The lowest BCUT2D eigenvalue weighted by atomic mass is 10.1. The van der Waals surface area contributed by atoms with E-state index in [9.17, 15) is 14.4 Å². The summed E-state index contributed by atoms with van der Waals surface area (Å²) in [6.07, 6.45) is 0. The normalized spacial score (nSPS) is 10.5. The quantitative estimate of drug-likeness (QED) is 0.428. The Labute approximate surface area is 189 Å². The van der Waals surface area contributed by atoms with Gasteiger partial charge in [0.15, 0.2) is 11.0 Å². The molecule has 1 aromatic heterocycles. The van der Waals surface area contributed by atoms with Gasteiger partial charge in [0.25, 0.3) is 0 Å². The number of aryl methyl sites for hydroxylation is 1. The number of amides is 1. The molecule has 0 bridgehead atoms. The van der Waals surface area contributed by atoms with Crippen LogP contribution in [0.25, 0.3) is 11.4 Å². The summed E-state index contributed by atoms with van der Waals surface area (Å²) in [4.78, 5) is 36.3. The minimum Gasteiger partial charge on any atom is -0.465 e. The summed E-state index contributed by atoms with van der Waals surface area (Å²) in [7, 11) is 4.29. The molecule has 0 saturated carbocycles. The summed E-state index contributed by atoms with van der Waals surface area (Å²) in [6.45, 7) is 2.00. The predicted octanol–water partition coefficient (Wildman–Crippen LogP) is 3.09. The van der Waals surface area contributed by atoms with Crippen molar-refractivity contribution in [2.75, 3.05) is 25.3 Å². The zero-order chi connectivity index (χ0) is 23.3. The Bertz CT molecular complexity index is 1140. The average Bonchev–Trinajstić information content (AvgIpc) is 3.16. The first-order valence-corrected chi connectivity index (χ1v) is 10.5. The molecular weight excluding hydrogens is 432 g/mol. The van der Waals surface area contributed by atoms with Crippen LogP contribution in [0.2, 0.25) is 0 Å².